The quantitative estimate of drug-likeness (QED) is 0.553. The van der Waals surface area contributed by atoms with Crippen LogP contribution in [0.3, 0.4) is 0 Å². The highest BCUT2D eigenvalue weighted by atomic mass is 19.2. The molecule has 0 aliphatic heterocycles. The smallest absolute Gasteiger partial charge is 0.159 e. The zero-order valence-electron chi connectivity index (χ0n) is 14.8. The van der Waals surface area contributed by atoms with Crippen molar-refractivity contribution in [3.8, 4) is 0 Å². The Balaban J connectivity index is 1.94. The molecule has 1 aromatic heterocycles. The second-order valence-corrected chi connectivity index (χ2v) is 6.64. The number of allylic oxidation sites excluding steroid dienone is 2. The van der Waals surface area contributed by atoms with Crippen molar-refractivity contribution in [2.75, 3.05) is 5.73 Å². The molecule has 1 unspecified atom stereocenters. The zero-order chi connectivity index (χ0) is 19.7. The van der Waals surface area contributed by atoms with E-state index in [2.05, 4.69) is 5.10 Å². The van der Waals surface area contributed by atoms with E-state index in [0.717, 1.165) is 22.9 Å². The summed E-state index contributed by atoms with van der Waals surface area (Å²) in [5, 5.41) is 4.28. The number of hydrogen-bond acceptors (Lipinski definition) is 3. The maximum atomic E-state index is 14.1. The van der Waals surface area contributed by atoms with E-state index < -0.39 is 17.0 Å². The zero-order valence-corrected chi connectivity index (χ0v) is 14.8. The molecule has 0 bridgehead atoms. The van der Waals surface area contributed by atoms with Crippen molar-refractivity contribution in [3.63, 3.8) is 0 Å². The fourth-order valence-corrected chi connectivity index (χ4v) is 3.72. The largest absolute Gasteiger partial charge is 0.382 e. The van der Waals surface area contributed by atoms with Gasteiger partial charge in [0.05, 0.1) is 5.69 Å². The van der Waals surface area contributed by atoms with Gasteiger partial charge in [-0.05, 0) is 29.3 Å². The van der Waals surface area contributed by atoms with E-state index in [0.29, 0.717) is 24.1 Å². The van der Waals surface area contributed by atoms with Crippen molar-refractivity contribution >= 4 is 24.4 Å². The van der Waals surface area contributed by atoms with Crippen molar-refractivity contribution < 1.29 is 13.6 Å². The Kier molecular flexibility index (Phi) is 4.39. The number of aldehydes is 1. The molecule has 1 heterocycles. The normalized spacial score (nSPS) is 18.4. The van der Waals surface area contributed by atoms with Gasteiger partial charge in [0, 0.05) is 23.6 Å². The van der Waals surface area contributed by atoms with E-state index in [-0.39, 0.29) is 0 Å². The number of nitrogens with zero attached hydrogens (tertiary/aromatic N) is 2. The van der Waals surface area contributed by atoms with Gasteiger partial charge in [-0.15, -0.1) is 0 Å². The van der Waals surface area contributed by atoms with Crippen LogP contribution < -0.4 is 5.73 Å². The monoisotopic (exact) mass is 377 g/mol. The predicted octanol–water partition coefficient (Wildman–Crippen LogP) is 3.97. The molecule has 2 N–H and O–H groups in total. The van der Waals surface area contributed by atoms with Gasteiger partial charge in [-0.3, -0.25) is 4.79 Å². The fourth-order valence-electron chi connectivity index (χ4n) is 3.72. The summed E-state index contributed by atoms with van der Waals surface area (Å²) in [5.74, 6) is -1.45. The van der Waals surface area contributed by atoms with Crippen LogP contribution in [0.2, 0.25) is 0 Å². The third-order valence-electron chi connectivity index (χ3n) is 5.09. The first-order chi connectivity index (χ1) is 13.5. The van der Waals surface area contributed by atoms with Gasteiger partial charge in [0.1, 0.15) is 6.29 Å². The number of halogens is 2. The van der Waals surface area contributed by atoms with E-state index in [9.17, 15) is 13.6 Å². The summed E-state index contributed by atoms with van der Waals surface area (Å²) in [6.45, 7) is 0. The van der Waals surface area contributed by atoms with Crippen molar-refractivity contribution in [1.29, 1.82) is 0 Å². The van der Waals surface area contributed by atoms with E-state index in [4.69, 9.17) is 5.73 Å². The van der Waals surface area contributed by atoms with Crippen LogP contribution in [-0.4, -0.2) is 16.1 Å². The fraction of sp³-hybridized carbons (Fsp3) is 0.0909. The number of nitrogens with two attached hydrogens (primary N) is 1. The molecule has 3 aromatic rings. The van der Waals surface area contributed by atoms with Crippen LogP contribution in [0.25, 0.3) is 12.3 Å². The molecule has 1 aliphatic carbocycles. The standard InChI is InChI=1S/C22H17F2N3O/c23-18-8-7-16(13-19(18)24)22(15-5-2-1-3-6-15)10-9-17-20(14-22)27(11-4-12-28)26-21(17)25/h1-13H,14H2,(H2,25,26). The second kappa shape index (κ2) is 6.88. The van der Waals surface area contributed by atoms with Crippen molar-refractivity contribution in [3.05, 3.63) is 94.7 Å². The number of anilines is 1. The predicted molar refractivity (Wildman–Crippen MR) is 104 cm³/mol. The summed E-state index contributed by atoms with van der Waals surface area (Å²) in [6.07, 6.45) is 7.73. The van der Waals surface area contributed by atoms with Crippen LogP contribution in [0.5, 0.6) is 0 Å². The molecule has 0 amide bonds. The average molecular weight is 377 g/mol. The van der Waals surface area contributed by atoms with Gasteiger partial charge >= 0.3 is 0 Å². The Hall–Kier alpha value is -3.54. The topological polar surface area (TPSA) is 60.9 Å². The van der Waals surface area contributed by atoms with Crippen LogP contribution in [0.4, 0.5) is 14.6 Å². The first-order valence-corrected chi connectivity index (χ1v) is 8.74. The molecule has 28 heavy (non-hydrogen) atoms. The number of nitrogen functional groups attached to an aromatic ring is 1. The van der Waals surface area contributed by atoms with Crippen molar-refractivity contribution in [2.24, 2.45) is 0 Å². The minimum absolute atomic E-state index is 0.341. The van der Waals surface area contributed by atoms with Gasteiger partial charge in [0.2, 0.25) is 0 Å². The highest BCUT2D eigenvalue weighted by Crippen LogP contribution is 2.43. The molecule has 0 radical (unpaired) electrons. The first-order valence-electron chi connectivity index (χ1n) is 8.74. The summed E-state index contributed by atoms with van der Waals surface area (Å²) in [4.78, 5) is 10.7. The van der Waals surface area contributed by atoms with E-state index in [1.54, 1.807) is 10.7 Å². The van der Waals surface area contributed by atoms with Gasteiger partial charge < -0.3 is 5.73 Å². The Morgan fingerprint density at radius 3 is 2.57 bits per heavy atom. The highest BCUT2D eigenvalue weighted by molar-refractivity contribution is 5.73. The van der Waals surface area contributed by atoms with Crippen LogP contribution >= 0.6 is 0 Å². The number of benzene rings is 2. The summed E-state index contributed by atoms with van der Waals surface area (Å²) < 4.78 is 29.2. The Morgan fingerprint density at radius 1 is 1.07 bits per heavy atom. The molecule has 0 saturated carbocycles. The number of hydrogen-bond donors (Lipinski definition) is 1. The molecular formula is C22H17F2N3O. The van der Waals surface area contributed by atoms with Gasteiger partial charge in [-0.1, -0.05) is 48.6 Å². The van der Waals surface area contributed by atoms with E-state index in [1.807, 2.05) is 42.5 Å². The van der Waals surface area contributed by atoms with Crippen LogP contribution in [0.15, 0.2) is 60.7 Å². The number of aromatic nitrogens is 2. The molecule has 0 fully saturated rings. The highest BCUT2D eigenvalue weighted by Gasteiger charge is 2.37. The lowest BCUT2D eigenvalue weighted by molar-refractivity contribution is -0.104. The molecular weight excluding hydrogens is 360 g/mol. The average Bonchev–Trinajstić information content (AvgIpc) is 3.03. The summed E-state index contributed by atoms with van der Waals surface area (Å²) in [5.41, 5.74) is 8.37. The summed E-state index contributed by atoms with van der Waals surface area (Å²) in [7, 11) is 0. The van der Waals surface area contributed by atoms with Gasteiger partial charge in [0.15, 0.2) is 17.5 Å². The van der Waals surface area contributed by atoms with Gasteiger partial charge in [-0.25, -0.2) is 13.5 Å². The molecule has 0 saturated heterocycles. The lowest BCUT2D eigenvalue weighted by Gasteiger charge is -2.35. The minimum atomic E-state index is -0.902. The third kappa shape index (κ3) is 2.83. The molecule has 6 heteroatoms. The Labute approximate surface area is 160 Å². The molecule has 4 rings (SSSR count). The summed E-state index contributed by atoms with van der Waals surface area (Å²) in [6, 6.07) is 13.5. The summed E-state index contributed by atoms with van der Waals surface area (Å²) >= 11 is 0. The van der Waals surface area contributed by atoms with E-state index in [1.165, 1.54) is 18.3 Å². The number of rotatable bonds is 4. The number of carbonyl (C=O) groups is 1. The molecule has 4 nitrogen and oxygen atoms in total. The molecule has 2 aromatic carbocycles. The Bertz CT molecular complexity index is 1100. The molecule has 0 spiro atoms. The van der Waals surface area contributed by atoms with Gasteiger partial charge in [0.25, 0.3) is 0 Å². The molecule has 1 aliphatic rings. The first kappa shape index (κ1) is 17.9. The number of carbonyl (C=O) groups excluding carboxylic acids is 1. The second-order valence-electron chi connectivity index (χ2n) is 6.64. The molecule has 1 atom stereocenters. The van der Waals surface area contributed by atoms with Crippen LogP contribution in [-0.2, 0) is 16.6 Å². The Morgan fingerprint density at radius 2 is 1.86 bits per heavy atom. The third-order valence-corrected chi connectivity index (χ3v) is 5.09. The lowest BCUT2D eigenvalue weighted by atomic mass is 9.68. The van der Waals surface area contributed by atoms with Crippen LogP contribution in [0, 0.1) is 11.6 Å². The SMILES string of the molecule is Nc1nn(C=CC=O)c2c1C=CC(c1ccccc1)(c1ccc(F)c(F)c1)C2. The number of fused-ring (bicyclic) bond motifs is 1. The molecule has 140 valence electrons. The maximum Gasteiger partial charge on any atom is 0.159 e. The minimum Gasteiger partial charge on any atom is -0.382 e. The van der Waals surface area contributed by atoms with Crippen molar-refractivity contribution in [1.82, 2.24) is 9.78 Å². The van der Waals surface area contributed by atoms with Crippen molar-refractivity contribution in [2.45, 2.75) is 11.8 Å². The maximum absolute atomic E-state index is 14.1. The van der Waals surface area contributed by atoms with Gasteiger partial charge in [-0.2, -0.15) is 5.10 Å². The lowest BCUT2D eigenvalue weighted by Crippen LogP contribution is -2.31. The van der Waals surface area contributed by atoms with Crippen LogP contribution in [0.1, 0.15) is 22.4 Å². The van der Waals surface area contributed by atoms with E-state index >= 15 is 0 Å².